The van der Waals surface area contributed by atoms with Crippen LogP contribution in [0.25, 0.3) is 11.2 Å². The van der Waals surface area contributed by atoms with E-state index in [9.17, 15) is 9.18 Å². The molecule has 4 aromatic rings. The van der Waals surface area contributed by atoms with Gasteiger partial charge < -0.3 is 9.80 Å². The summed E-state index contributed by atoms with van der Waals surface area (Å²) in [6, 6.07) is 16.8. The molecule has 1 aliphatic rings. The van der Waals surface area contributed by atoms with Gasteiger partial charge in [0.15, 0.2) is 11.2 Å². The Morgan fingerprint density at radius 2 is 1.73 bits per heavy atom. The molecule has 2 aromatic carbocycles. The van der Waals surface area contributed by atoms with Gasteiger partial charge in [-0.25, -0.2) is 19.0 Å². The number of anilines is 1. The third kappa shape index (κ3) is 4.65. The molecule has 0 radical (unpaired) electrons. The number of fused-ring (bicyclic) bond motifs is 1. The maximum atomic E-state index is 14.0. The molecule has 2 aromatic heterocycles. The molecule has 0 saturated carbocycles. The van der Waals surface area contributed by atoms with Crippen molar-refractivity contribution in [2.45, 2.75) is 11.6 Å². The van der Waals surface area contributed by atoms with Gasteiger partial charge in [-0.15, -0.1) is 5.10 Å². The van der Waals surface area contributed by atoms with Gasteiger partial charge >= 0.3 is 0 Å². The van der Waals surface area contributed by atoms with E-state index < -0.39 is 0 Å². The molecule has 1 aliphatic heterocycles. The van der Waals surface area contributed by atoms with Crippen molar-refractivity contribution < 1.29 is 9.18 Å². The highest BCUT2D eigenvalue weighted by Crippen LogP contribution is 2.24. The van der Waals surface area contributed by atoms with E-state index in [2.05, 4.69) is 37.3 Å². The van der Waals surface area contributed by atoms with Crippen LogP contribution in [0.3, 0.4) is 0 Å². The van der Waals surface area contributed by atoms with Gasteiger partial charge in [0.05, 0.1) is 12.3 Å². The topological polar surface area (TPSA) is 80.0 Å². The van der Waals surface area contributed by atoms with Crippen LogP contribution in [0.1, 0.15) is 5.56 Å². The Morgan fingerprint density at radius 3 is 2.52 bits per heavy atom. The number of hydrogen-bond donors (Lipinski definition) is 0. The summed E-state index contributed by atoms with van der Waals surface area (Å²) in [5.74, 6) is 0.0263. The highest BCUT2D eigenvalue weighted by atomic mass is 32.2. The lowest BCUT2D eigenvalue weighted by molar-refractivity contribution is -0.128. The molecule has 0 spiro atoms. The van der Waals surface area contributed by atoms with Crippen molar-refractivity contribution in [3.05, 3.63) is 72.3 Å². The molecule has 0 N–H and O–H groups in total. The second-order valence-corrected chi connectivity index (χ2v) is 8.65. The molecule has 3 heterocycles. The lowest BCUT2D eigenvalue weighted by Crippen LogP contribution is -2.49. The fourth-order valence-corrected chi connectivity index (χ4v) is 4.68. The molecule has 8 nitrogen and oxygen atoms in total. The molecule has 5 rings (SSSR count). The Bertz CT molecular complexity index is 1260. The lowest BCUT2D eigenvalue weighted by atomic mass is 10.2. The maximum Gasteiger partial charge on any atom is 0.233 e. The first kappa shape index (κ1) is 21.3. The predicted octanol–water partition coefficient (Wildman–Crippen LogP) is 2.85. The monoisotopic (exact) mass is 463 g/mol. The first-order valence-corrected chi connectivity index (χ1v) is 11.7. The largest absolute Gasteiger partial charge is 0.368 e. The average Bonchev–Trinajstić information content (AvgIpc) is 3.28. The van der Waals surface area contributed by atoms with Crippen LogP contribution < -0.4 is 4.90 Å². The molecular formula is C23H22FN7OS. The van der Waals surface area contributed by atoms with E-state index in [-0.39, 0.29) is 24.0 Å². The molecule has 0 atom stereocenters. The molecule has 10 heteroatoms. The van der Waals surface area contributed by atoms with Gasteiger partial charge in [-0.3, -0.25) is 4.79 Å². The molecule has 1 fully saturated rings. The number of halogens is 1. The number of benzene rings is 2. The fraction of sp³-hybridized carbons (Fsp3) is 0.261. The Kier molecular flexibility index (Phi) is 6.16. The molecule has 0 aliphatic carbocycles. The van der Waals surface area contributed by atoms with E-state index in [4.69, 9.17) is 0 Å². The number of para-hydroxylation sites is 1. The van der Waals surface area contributed by atoms with E-state index in [1.165, 1.54) is 29.8 Å². The van der Waals surface area contributed by atoms with Crippen LogP contribution in [0.5, 0.6) is 0 Å². The first-order chi connectivity index (χ1) is 16.2. The van der Waals surface area contributed by atoms with E-state index in [1.807, 2.05) is 23.1 Å². The van der Waals surface area contributed by atoms with Crippen molar-refractivity contribution in [1.29, 1.82) is 0 Å². The van der Waals surface area contributed by atoms with Crippen molar-refractivity contribution >= 4 is 34.5 Å². The normalized spacial score (nSPS) is 14.1. The Labute approximate surface area is 194 Å². The van der Waals surface area contributed by atoms with Crippen LogP contribution in [0.15, 0.2) is 66.0 Å². The van der Waals surface area contributed by atoms with Crippen LogP contribution in [-0.2, 0) is 11.3 Å². The molecule has 1 saturated heterocycles. The summed E-state index contributed by atoms with van der Waals surface area (Å²) in [5, 5.41) is 8.91. The lowest BCUT2D eigenvalue weighted by Gasteiger charge is -2.36. The van der Waals surface area contributed by atoms with Crippen LogP contribution in [-0.4, -0.2) is 67.7 Å². The third-order valence-corrected chi connectivity index (χ3v) is 6.59. The Morgan fingerprint density at radius 1 is 0.970 bits per heavy atom. The van der Waals surface area contributed by atoms with Gasteiger partial charge in [0.2, 0.25) is 5.91 Å². The molecule has 0 bridgehead atoms. The number of hydrogen-bond acceptors (Lipinski definition) is 7. The first-order valence-electron chi connectivity index (χ1n) is 10.7. The number of carbonyl (C=O) groups excluding carboxylic acids is 1. The van der Waals surface area contributed by atoms with Crippen LogP contribution in [0.4, 0.5) is 10.1 Å². The fourth-order valence-electron chi connectivity index (χ4n) is 3.85. The molecule has 0 unspecified atom stereocenters. The van der Waals surface area contributed by atoms with Crippen molar-refractivity contribution in [2.24, 2.45) is 0 Å². The Balaban J connectivity index is 1.22. The number of piperazine rings is 1. The quantitative estimate of drug-likeness (QED) is 0.321. The van der Waals surface area contributed by atoms with Gasteiger partial charge in [-0.1, -0.05) is 53.4 Å². The highest BCUT2D eigenvalue weighted by Gasteiger charge is 2.22. The standard InChI is InChI=1S/C23H22FN7OS/c24-19-9-5-4-6-17(19)14-31-22-21(27-28-31)23(26-16-25-22)33-15-20(32)30-12-10-29(11-13-30)18-7-2-1-3-8-18/h1-9,16H,10-15H2. The number of rotatable bonds is 6. The van der Waals surface area contributed by atoms with Crippen molar-refractivity contribution in [3.8, 4) is 0 Å². The predicted molar refractivity (Wildman–Crippen MR) is 125 cm³/mol. The molecule has 168 valence electrons. The van der Waals surface area contributed by atoms with Gasteiger partial charge in [-0.05, 0) is 18.2 Å². The minimum atomic E-state index is -0.303. The summed E-state index contributed by atoms with van der Waals surface area (Å²) >= 11 is 1.33. The summed E-state index contributed by atoms with van der Waals surface area (Å²) in [5.41, 5.74) is 2.71. The summed E-state index contributed by atoms with van der Waals surface area (Å²) in [4.78, 5) is 25.5. The Hall–Kier alpha value is -3.53. The molecular weight excluding hydrogens is 441 g/mol. The summed E-state index contributed by atoms with van der Waals surface area (Å²) in [6.45, 7) is 3.21. The van der Waals surface area contributed by atoms with E-state index in [0.717, 1.165) is 13.1 Å². The number of carbonyl (C=O) groups is 1. The van der Waals surface area contributed by atoms with Crippen LogP contribution in [0, 0.1) is 5.82 Å². The van der Waals surface area contributed by atoms with Crippen molar-refractivity contribution in [3.63, 3.8) is 0 Å². The van der Waals surface area contributed by atoms with Gasteiger partial charge in [-0.2, -0.15) is 0 Å². The van der Waals surface area contributed by atoms with Crippen LogP contribution >= 0.6 is 11.8 Å². The van der Waals surface area contributed by atoms with Crippen molar-refractivity contribution in [1.82, 2.24) is 29.9 Å². The van der Waals surface area contributed by atoms with Gasteiger partial charge in [0, 0.05) is 37.4 Å². The number of nitrogens with zero attached hydrogens (tertiary/aromatic N) is 7. The summed E-state index contributed by atoms with van der Waals surface area (Å²) in [7, 11) is 0. The minimum absolute atomic E-state index is 0.0678. The number of thioether (sulfide) groups is 1. The van der Waals surface area contributed by atoms with E-state index >= 15 is 0 Å². The second kappa shape index (κ2) is 9.53. The zero-order valence-electron chi connectivity index (χ0n) is 17.8. The zero-order chi connectivity index (χ0) is 22.6. The average molecular weight is 464 g/mol. The third-order valence-electron chi connectivity index (χ3n) is 5.63. The van der Waals surface area contributed by atoms with Crippen molar-refractivity contribution in [2.75, 3.05) is 36.8 Å². The second-order valence-electron chi connectivity index (χ2n) is 7.68. The maximum absolute atomic E-state index is 14.0. The molecule has 1 amide bonds. The van der Waals surface area contributed by atoms with Crippen LogP contribution in [0.2, 0.25) is 0 Å². The minimum Gasteiger partial charge on any atom is -0.368 e. The smallest absolute Gasteiger partial charge is 0.233 e. The SMILES string of the molecule is O=C(CSc1ncnc2c1nnn2Cc1ccccc1F)N1CCN(c2ccccc2)CC1. The zero-order valence-corrected chi connectivity index (χ0v) is 18.7. The highest BCUT2D eigenvalue weighted by molar-refractivity contribution is 8.00. The van der Waals surface area contributed by atoms with E-state index in [1.54, 1.807) is 22.9 Å². The molecule has 33 heavy (non-hydrogen) atoms. The van der Waals surface area contributed by atoms with E-state index in [0.29, 0.717) is 34.8 Å². The summed E-state index contributed by atoms with van der Waals surface area (Å²) in [6.07, 6.45) is 1.43. The summed E-state index contributed by atoms with van der Waals surface area (Å²) < 4.78 is 15.6. The van der Waals surface area contributed by atoms with Gasteiger partial charge in [0.1, 0.15) is 17.2 Å². The number of amides is 1. The van der Waals surface area contributed by atoms with Gasteiger partial charge in [0.25, 0.3) is 0 Å². The number of aromatic nitrogens is 5.